The van der Waals surface area contributed by atoms with Crippen LogP contribution in [-0.2, 0) is 4.79 Å². The lowest BCUT2D eigenvalue weighted by Crippen LogP contribution is -2.43. The minimum atomic E-state index is -0.469. The van der Waals surface area contributed by atoms with Gasteiger partial charge in [0, 0.05) is 0 Å². The first-order valence-electron chi connectivity index (χ1n) is 5.71. The maximum Gasteiger partial charge on any atom is 0.283 e. The Balaban J connectivity index is 1.73. The number of carbonyl (C=O) groups excluding carboxylic acids is 2. The van der Waals surface area contributed by atoms with Crippen LogP contribution in [0.2, 0.25) is 0 Å². The number of hydrogen-bond acceptors (Lipinski definition) is 6. The van der Waals surface area contributed by atoms with Crippen LogP contribution in [0.4, 0.5) is 0 Å². The summed E-state index contributed by atoms with van der Waals surface area (Å²) in [4.78, 5) is 23.3. The van der Waals surface area contributed by atoms with E-state index < -0.39 is 11.8 Å². The fourth-order valence-corrected chi connectivity index (χ4v) is 1.69. The number of nitrogens with one attached hydrogen (secondary N) is 2. The van der Waals surface area contributed by atoms with E-state index in [1.54, 1.807) is 12.1 Å². The number of aryl methyl sites for hydroxylation is 1. The lowest BCUT2D eigenvalue weighted by molar-refractivity contribution is -0.123. The molecule has 2 N–H and O–H groups in total. The van der Waals surface area contributed by atoms with Crippen molar-refractivity contribution in [2.24, 2.45) is 0 Å². The fraction of sp³-hybridized carbons (Fsp3) is 0.167. The molecule has 0 aliphatic heterocycles. The van der Waals surface area contributed by atoms with Crippen molar-refractivity contribution in [1.29, 1.82) is 0 Å². The van der Waals surface area contributed by atoms with Crippen LogP contribution < -0.4 is 15.6 Å². The molecule has 0 saturated carbocycles. The summed E-state index contributed by atoms with van der Waals surface area (Å²) in [6.07, 6.45) is 1.31. The van der Waals surface area contributed by atoms with Crippen LogP contribution in [0.15, 0.2) is 30.5 Å². The zero-order chi connectivity index (χ0) is 14.4. The van der Waals surface area contributed by atoms with E-state index in [0.29, 0.717) is 10.6 Å². The van der Waals surface area contributed by atoms with Crippen LogP contribution >= 0.6 is 11.5 Å². The van der Waals surface area contributed by atoms with E-state index >= 15 is 0 Å². The molecule has 0 atom stereocenters. The van der Waals surface area contributed by atoms with Crippen LogP contribution in [0.25, 0.3) is 0 Å². The van der Waals surface area contributed by atoms with Gasteiger partial charge >= 0.3 is 0 Å². The Kier molecular flexibility index (Phi) is 4.61. The molecule has 104 valence electrons. The summed E-state index contributed by atoms with van der Waals surface area (Å²) in [6.45, 7) is 1.77. The van der Waals surface area contributed by atoms with Gasteiger partial charge in [0.25, 0.3) is 11.8 Å². The molecule has 1 aromatic carbocycles. The normalized spacial score (nSPS) is 9.85. The van der Waals surface area contributed by atoms with Gasteiger partial charge in [0.05, 0.1) is 6.20 Å². The molecule has 2 rings (SSSR count). The monoisotopic (exact) mass is 292 g/mol. The van der Waals surface area contributed by atoms with E-state index in [-0.39, 0.29) is 6.61 Å². The van der Waals surface area contributed by atoms with Gasteiger partial charge in [0.15, 0.2) is 6.61 Å². The van der Waals surface area contributed by atoms with Gasteiger partial charge in [0.2, 0.25) is 0 Å². The molecule has 0 aliphatic rings. The van der Waals surface area contributed by atoms with Crippen molar-refractivity contribution >= 4 is 23.3 Å². The molecule has 7 nitrogen and oxygen atoms in total. The summed E-state index contributed by atoms with van der Waals surface area (Å²) in [6, 6.07) is 7.30. The number of hydrazine groups is 1. The number of benzene rings is 1. The van der Waals surface area contributed by atoms with E-state index in [2.05, 4.69) is 20.4 Å². The molecule has 0 radical (unpaired) electrons. The van der Waals surface area contributed by atoms with Gasteiger partial charge in [0.1, 0.15) is 10.6 Å². The summed E-state index contributed by atoms with van der Waals surface area (Å²) in [5.41, 5.74) is 5.59. The standard InChI is InChI=1S/C12H12N4O3S/c1-8-2-4-9(5-3-8)19-7-11(17)14-15-12(18)10-6-13-16-20-10/h2-6H,7H2,1H3,(H,14,17)(H,15,18). The zero-order valence-electron chi connectivity index (χ0n) is 10.6. The van der Waals surface area contributed by atoms with E-state index in [0.717, 1.165) is 17.1 Å². The van der Waals surface area contributed by atoms with Gasteiger partial charge < -0.3 is 4.74 Å². The third kappa shape index (κ3) is 4.02. The highest BCUT2D eigenvalue weighted by Crippen LogP contribution is 2.10. The molecule has 0 fully saturated rings. The van der Waals surface area contributed by atoms with Crippen molar-refractivity contribution in [3.8, 4) is 5.75 Å². The number of rotatable bonds is 4. The maximum atomic E-state index is 11.5. The average Bonchev–Trinajstić information content (AvgIpc) is 2.98. The molecule has 0 bridgehead atoms. The van der Waals surface area contributed by atoms with Crippen LogP contribution in [0.1, 0.15) is 15.2 Å². The lowest BCUT2D eigenvalue weighted by Gasteiger charge is -2.08. The predicted molar refractivity (Wildman–Crippen MR) is 72.2 cm³/mol. The van der Waals surface area contributed by atoms with Gasteiger partial charge in [-0.3, -0.25) is 20.4 Å². The van der Waals surface area contributed by atoms with Gasteiger partial charge in [-0.05, 0) is 30.6 Å². The molecule has 2 amide bonds. The first kappa shape index (κ1) is 13.9. The Hall–Kier alpha value is -2.48. The highest BCUT2D eigenvalue weighted by Gasteiger charge is 2.09. The smallest absolute Gasteiger partial charge is 0.283 e. The molecule has 1 aromatic heterocycles. The Labute approximate surface area is 119 Å². The Morgan fingerprint density at radius 2 is 2.00 bits per heavy atom. The molecule has 2 aromatic rings. The number of nitrogens with zero attached hydrogens (tertiary/aromatic N) is 2. The van der Waals surface area contributed by atoms with Crippen molar-refractivity contribution in [3.05, 3.63) is 40.9 Å². The predicted octanol–water partition coefficient (Wildman–Crippen LogP) is 0.687. The minimum absolute atomic E-state index is 0.190. The van der Waals surface area contributed by atoms with Crippen LogP contribution in [0, 0.1) is 6.92 Å². The first-order valence-corrected chi connectivity index (χ1v) is 6.48. The molecular formula is C12H12N4O3S. The molecule has 20 heavy (non-hydrogen) atoms. The summed E-state index contributed by atoms with van der Waals surface area (Å²) in [7, 11) is 0. The van der Waals surface area contributed by atoms with Gasteiger partial charge in [-0.15, -0.1) is 5.10 Å². The molecule has 0 saturated heterocycles. The quantitative estimate of drug-likeness (QED) is 0.809. The third-order valence-electron chi connectivity index (χ3n) is 2.29. The Morgan fingerprint density at radius 1 is 1.25 bits per heavy atom. The summed E-state index contributed by atoms with van der Waals surface area (Å²) in [5, 5.41) is 3.52. The van der Waals surface area contributed by atoms with E-state index in [9.17, 15) is 9.59 Å². The van der Waals surface area contributed by atoms with Crippen molar-refractivity contribution in [3.63, 3.8) is 0 Å². The second-order valence-electron chi connectivity index (χ2n) is 3.89. The van der Waals surface area contributed by atoms with Crippen molar-refractivity contribution in [2.45, 2.75) is 6.92 Å². The third-order valence-corrected chi connectivity index (χ3v) is 2.95. The Bertz CT molecular complexity index is 583. The molecule has 0 aliphatic carbocycles. The van der Waals surface area contributed by atoms with Crippen molar-refractivity contribution in [2.75, 3.05) is 6.61 Å². The lowest BCUT2D eigenvalue weighted by atomic mass is 10.2. The number of aromatic nitrogens is 2. The second-order valence-corrected chi connectivity index (χ2v) is 4.67. The van der Waals surface area contributed by atoms with Crippen LogP contribution in [-0.4, -0.2) is 28.0 Å². The number of ether oxygens (including phenoxy) is 1. The molecule has 0 unspecified atom stereocenters. The minimum Gasteiger partial charge on any atom is -0.484 e. The molecule has 1 heterocycles. The molecule has 0 spiro atoms. The van der Waals surface area contributed by atoms with Gasteiger partial charge in [-0.25, -0.2) is 0 Å². The highest BCUT2D eigenvalue weighted by molar-refractivity contribution is 7.07. The van der Waals surface area contributed by atoms with Crippen molar-refractivity contribution < 1.29 is 14.3 Å². The summed E-state index contributed by atoms with van der Waals surface area (Å²) < 4.78 is 8.81. The highest BCUT2D eigenvalue weighted by atomic mass is 32.1. The zero-order valence-corrected chi connectivity index (χ0v) is 11.4. The average molecular weight is 292 g/mol. The van der Waals surface area contributed by atoms with Gasteiger partial charge in [-0.1, -0.05) is 22.2 Å². The second kappa shape index (κ2) is 6.62. The SMILES string of the molecule is Cc1ccc(OCC(=O)NNC(=O)c2cnns2)cc1. The van der Waals surface area contributed by atoms with Crippen molar-refractivity contribution in [1.82, 2.24) is 20.4 Å². The van der Waals surface area contributed by atoms with Crippen LogP contribution in [0.5, 0.6) is 5.75 Å². The van der Waals surface area contributed by atoms with E-state index in [1.807, 2.05) is 19.1 Å². The number of hydrogen-bond donors (Lipinski definition) is 2. The van der Waals surface area contributed by atoms with Crippen LogP contribution in [0.3, 0.4) is 0 Å². The molecular weight excluding hydrogens is 280 g/mol. The number of amides is 2. The van der Waals surface area contributed by atoms with Gasteiger partial charge in [-0.2, -0.15) is 0 Å². The molecule has 8 heteroatoms. The fourth-order valence-electron chi connectivity index (χ4n) is 1.27. The summed E-state index contributed by atoms with van der Waals surface area (Å²) in [5.74, 6) is -0.344. The maximum absolute atomic E-state index is 11.5. The Morgan fingerprint density at radius 3 is 2.65 bits per heavy atom. The largest absolute Gasteiger partial charge is 0.484 e. The summed E-state index contributed by atoms with van der Waals surface area (Å²) >= 11 is 0.939. The van der Waals surface area contributed by atoms with E-state index in [4.69, 9.17) is 4.74 Å². The number of carbonyl (C=O) groups is 2. The first-order chi connectivity index (χ1) is 9.65. The van der Waals surface area contributed by atoms with E-state index in [1.165, 1.54) is 6.20 Å². The topological polar surface area (TPSA) is 93.2 Å².